The van der Waals surface area contributed by atoms with Crippen molar-refractivity contribution in [3.63, 3.8) is 0 Å². The Kier molecular flexibility index (Phi) is 3.49. The standard InChI is InChI=1S/C9H11F3N2/c10-6-2-1-5(7(14)3-4-13)8(11)9(6)12/h1-2,7H,3-4,13-14H2/t7-/m0/s1. The fourth-order valence-electron chi connectivity index (χ4n) is 1.16. The van der Waals surface area contributed by atoms with Gasteiger partial charge in [0.25, 0.3) is 0 Å². The van der Waals surface area contributed by atoms with Crippen LogP contribution in [0.2, 0.25) is 0 Å². The van der Waals surface area contributed by atoms with Gasteiger partial charge in [-0.05, 0) is 19.0 Å². The van der Waals surface area contributed by atoms with Crippen molar-refractivity contribution in [3.05, 3.63) is 35.1 Å². The molecule has 2 nitrogen and oxygen atoms in total. The summed E-state index contributed by atoms with van der Waals surface area (Å²) in [6, 6.07) is 1.29. The lowest BCUT2D eigenvalue weighted by Crippen LogP contribution is -2.17. The van der Waals surface area contributed by atoms with Gasteiger partial charge in [0.15, 0.2) is 17.5 Å². The van der Waals surface area contributed by atoms with Gasteiger partial charge in [0, 0.05) is 11.6 Å². The van der Waals surface area contributed by atoms with E-state index in [2.05, 4.69) is 0 Å². The number of halogens is 3. The monoisotopic (exact) mass is 204 g/mol. The molecule has 1 atom stereocenters. The van der Waals surface area contributed by atoms with Crippen molar-refractivity contribution in [3.8, 4) is 0 Å². The summed E-state index contributed by atoms with van der Waals surface area (Å²) in [5.41, 5.74) is 10.7. The highest BCUT2D eigenvalue weighted by Gasteiger charge is 2.17. The van der Waals surface area contributed by atoms with Gasteiger partial charge in [-0.25, -0.2) is 13.2 Å². The zero-order valence-electron chi connectivity index (χ0n) is 7.43. The molecule has 78 valence electrons. The second-order valence-corrected chi connectivity index (χ2v) is 2.95. The topological polar surface area (TPSA) is 52.0 Å². The van der Waals surface area contributed by atoms with E-state index in [0.717, 1.165) is 12.1 Å². The number of hydrogen-bond acceptors (Lipinski definition) is 2. The van der Waals surface area contributed by atoms with Crippen molar-refractivity contribution in [2.45, 2.75) is 12.5 Å². The van der Waals surface area contributed by atoms with E-state index in [-0.39, 0.29) is 12.1 Å². The molecule has 0 heterocycles. The Morgan fingerprint density at radius 1 is 1.14 bits per heavy atom. The first-order chi connectivity index (χ1) is 6.57. The highest BCUT2D eigenvalue weighted by atomic mass is 19.2. The molecule has 5 heteroatoms. The Hall–Kier alpha value is -1.07. The first-order valence-electron chi connectivity index (χ1n) is 4.17. The summed E-state index contributed by atoms with van der Waals surface area (Å²) in [6.45, 7) is 0.263. The van der Waals surface area contributed by atoms with Crippen LogP contribution in [0.15, 0.2) is 12.1 Å². The van der Waals surface area contributed by atoms with E-state index in [1.807, 2.05) is 0 Å². The molecule has 0 aliphatic rings. The van der Waals surface area contributed by atoms with Gasteiger partial charge in [-0.15, -0.1) is 0 Å². The van der Waals surface area contributed by atoms with Crippen LogP contribution in [0.4, 0.5) is 13.2 Å². The Morgan fingerprint density at radius 3 is 2.36 bits per heavy atom. The summed E-state index contributed by atoms with van der Waals surface area (Å²) < 4.78 is 38.4. The molecule has 0 bridgehead atoms. The lowest BCUT2D eigenvalue weighted by atomic mass is 10.0. The maximum Gasteiger partial charge on any atom is 0.194 e. The van der Waals surface area contributed by atoms with E-state index in [1.54, 1.807) is 0 Å². The molecule has 0 spiro atoms. The molecular weight excluding hydrogens is 193 g/mol. The van der Waals surface area contributed by atoms with Gasteiger partial charge in [0.2, 0.25) is 0 Å². The fraction of sp³-hybridized carbons (Fsp3) is 0.333. The molecule has 1 aromatic carbocycles. The van der Waals surface area contributed by atoms with Crippen LogP contribution in [0.1, 0.15) is 18.0 Å². The third-order valence-corrected chi connectivity index (χ3v) is 1.94. The Balaban J connectivity index is 3.04. The molecule has 4 N–H and O–H groups in total. The lowest BCUT2D eigenvalue weighted by molar-refractivity contribution is 0.433. The fourth-order valence-corrected chi connectivity index (χ4v) is 1.16. The third-order valence-electron chi connectivity index (χ3n) is 1.94. The molecule has 0 saturated carbocycles. The molecule has 1 aromatic rings. The van der Waals surface area contributed by atoms with Crippen LogP contribution in [0.25, 0.3) is 0 Å². The summed E-state index contributed by atoms with van der Waals surface area (Å²) in [7, 11) is 0. The van der Waals surface area contributed by atoms with E-state index >= 15 is 0 Å². The lowest BCUT2D eigenvalue weighted by Gasteiger charge is -2.11. The minimum Gasteiger partial charge on any atom is -0.330 e. The Morgan fingerprint density at radius 2 is 1.79 bits per heavy atom. The molecule has 0 aromatic heterocycles. The normalized spacial score (nSPS) is 12.9. The molecule has 14 heavy (non-hydrogen) atoms. The van der Waals surface area contributed by atoms with Gasteiger partial charge in [-0.3, -0.25) is 0 Å². The number of hydrogen-bond donors (Lipinski definition) is 2. The van der Waals surface area contributed by atoms with E-state index in [4.69, 9.17) is 11.5 Å². The molecule has 0 aliphatic carbocycles. The SMILES string of the molecule is NCC[C@H](N)c1ccc(F)c(F)c1F. The van der Waals surface area contributed by atoms with Crippen LogP contribution in [0.3, 0.4) is 0 Å². The van der Waals surface area contributed by atoms with Crippen molar-refractivity contribution in [2.75, 3.05) is 6.54 Å². The van der Waals surface area contributed by atoms with Crippen LogP contribution in [-0.2, 0) is 0 Å². The van der Waals surface area contributed by atoms with Gasteiger partial charge in [0.1, 0.15) is 0 Å². The van der Waals surface area contributed by atoms with E-state index in [9.17, 15) is 13.2 Å². The summed E-state index contributed by atoms with van der Waals surface area (Å²) in [5, 5.41) is 0. The third kappa shape index (κ3) is 2.05. The molecule has 0 aliphatic heterocycles. The first-order valence-corrected chi connectivity index (χ1v) is 4.17. The summed E-state index contributed by atoms with van der Waals surface area (Å²) in [6.07, 6.45) is 0.321. The second-order valence-electron chi connectivity index (χ2n) is 2.95. The van der Waals surface area contributed by atoms with Crippen LogP contribution in [0.5, 0.6) is 0 Å². The van der Waals surface area contributed by atoms with E-state index < -0.39 is 23.5 Å². The van der Waals surface area contributed by atoms with Crippen molar-refractivity contribution < 1.29 is 13.2 Å². The van der Waals surface area contributed by atoms with Crippen LogP contribution >= 0.6 is 0 Å². The molecule has 0 unspecified atom stereocenters. The van der Waals surface area contributed by atoms with Gasteiger partial charge in [-0.1, -0.05) is 6.07 Å². The first kappa shape index (κ1) is 11.0. The Labute approximate surface area is 79.7 Å². The Bertz CT molecular complexity index is 328. The summed E-state index contributed by atoms with van der Waals surface area (Å²) in [4.78, 5) is 0. The van der Waals surface area contributed by atoms with Crippen LogP contribution < -0.4 is 11.5 Å². The predicted molar refractivity (Wildman–Crippen MR) is 46.9 cm³/mol. The quantitative estimate of drug-likeness (QED) is 0.732. The van der Waals surface area contributed by atoms with Gasteiger partial charge >= 0.3 is 0 Å². The van der Waals surface area contributed by atoms with Gasteiger partial charge in [0.05, 0.1) is 0 Å². The minimum absolute atomic E-state index is 0.0469. The van der Waals surface area contributed by atoms with Crippen LogP contribution in [-0.4, -0.2) is 6.54 Å². The zero-order chi connectivity index (χ0) is 10.7. The number of nitrogens with two attached hydrogens (primary N) is 2. The largest absolute Gasteiger partial charge is 0.330 e. The van der Waals surface area contributed by atoms with Crippen molar-refractivity contribution in [1.29, 1.82) is 0 Å². The summed E-state index contributed by atoms with van der Waals surface area (Å²) in [5.74, 6) is -3.94. The average molecular weight is 204 g/mol. The van der Waals surface area contributed by atoms with Crippen molar-refractivity contribution in [2.24, 2.45) is 11.5 Å². The van der Waals surface area contributed by atoms with Gasteiger partial charge < -0.3 is 11.5 Å². The minimum atomic E-state index is -1.49. The highest BCUT2D eigenvalue weighted by Crippen LogP contribution is 2.21. The second kappa shape index (κ2) is 4.43. The maximum absolute atomic E-state index is 13.1. The zero-order valence-corrected chi connectivity index (χ0v) is 7.43. The van der Waals surface area contributed by atoms with E-state index in [1.165, 1.54) is 0 Å². The van der Waals surface area contributed by atoms with Crippen molar-refractivity contribution in [1.82, 2.24) is 0 Å². The molecule has 0 radical (unpaired) electrons. The molecule has 1 rings (SSSR count). The predicted octanol–water partition coefficient (Wildman–Crippen LogP) is 1.45. The number of rotatable bonds is 3. The van der Waals surface area contributed by atoms with Crippen LogP contribution in [0, 0.1) is 17.5 Å². The van der Waals surface area contributed by atoms with Crippen molar-refractivity contribution >= 4 is 0 Å². The molecular formula is C9H11F3N2. The molecule has 0 amide bonds. The molecule has 0 saturated heterocycles. The molecule has 0 fully saturated rings. The maximum atomic E-state index is 13.1. The smallest absolute Gasteiger partial charge is 0.194 e. The van der Waals surface area contributed by atoms with Gasteiger partial charge in [-0.2, -0.15) is 0 Å². The summed E-state index contributed by atoms with van der Waals surface area (Å²) >= 11 is 0. The highest BCUT2D eigenvalue weighted by molar-refractivity contribution is 5.23. The average Bonchev–Trinajstić information content (AvgIpc) is 2.15. The number of benzene rings is 1. The van der Waals surface area contributed by atoms with E-state index in [0.29, 0.717) is 6.42 Å².